The summed E-state index contributed by atoms with van der Waals surface area (Å²) in [6.07, 6.45) is 3.02. The lowest BCUT2D eigenvalue weighted by Gasteiger charge is -2.58. The highest BCUT2D eigenvalue weighted by Gasteiger charge is 2.81. The molecule has 9 rings (SSSR count). The van der Waals surface area contributed by atoms with Crippen molar-refractivity contribution in [1.82, 2.24) is 9.80 Å². The predicted octanol–water partition coefficient (Wildman–Crippen LogP) is 4.34. The van der Waals surface area contributed by atoms with Crippen LogP contribution >= 0.6 is 0 Å². The number of piperidine rings is 2. The fraction of sp³-hybridized carbons (Fsp3) is 0.829. The van der Waals surface area contributed by atoms with E-state index >= 15 is 0 Å². The molecule has 9 fully saturated rings. The summed E-state index contributed by atoms with van der Waals surface area (Å²) >= 11 is 0. The summed E-state index contributed by atoms with van der Waals surface area (Å²) in [5.41, 5.74) is -3.11. The Balaban J connectivity index is 1.06. The maximum atomic E-state index is 14.9. The van der Waals surface area contributed by atoms with Gasteiger partial charge in [0.25, 0.3) is 0 Å². The molecule has 0 aromatic heterocycles. The Morgan fingerprint density at radius 3 is 1.75 bits per heavy atom. The number of nitrogens with zero attached hydrogens (tertiary/aromatic N) is 2. The number of halogens is 2. The Kier molecular flexibility index (Phi) is 8.65. The first-order valence-corrected chi connectivity index (χ1v) is 20.3. The molecule has 52 heavy (non-hydrogen) atoms. The van der Waals surface area contributed by atoms with Crippen molar-refractivity contribution in [3.63, 3.8) is 0 Å². The molecule has 9 aliphatic rings. The van der Waals surface area contributed by atoms with Gasteiger partial charge in [-0.25, -0.2) is 8.78 Å². The largest absolute Gasteiger partial charge is 0.461 e. The quantitative estimate of drug-likeness (QED) is 0.323. The summed E-state index contributed by atoms with van der Waals surface area (Å²) in [6, 6.07) is 0. The maximum absolute atomic E-state index is 14.9. The number of alkyl halides is 2. The highest BCUT2D eigenvalue weighted by Crippen LogP contribution is 2.72. The number of carbonyl (C=O) groups excluding carboxylic acids is 3. The SMILES string of the molecule is C=C1CC[C@H]2C(CN3CCC(F)CC3)C(=O)O[C@@H]2[C@@H]2[C@H]1C[C@@]1(O)[C@]2(O)CCC[C@]12C(=O)C[C@H]1C(=C)CC[C@H]3C(CN4CCC(F)CC4)C(=O)O[C@@H]3[C@H]12. The lowest BCUT2D eigenvalue weighted by Crippen LogP contribution is -2.71. The van der Waals surface area contributed by atoms with Gasteiger partial charge < -0.3 is 29.5 Å². The maximum Gasteiger partial charge on any atom is 0.310 e. The van der Waals surface area contributed by atoms with Crippen LogP contribution in [0.25, 0.3) is 0 Å². The third kappa shape index (κ3) is 4.99. The zero-order chi connectivity index (χ0) is 36.3. The van der Waals surface area contributed by atoms with Gasteiger partial charge >= 0.3 is 11.9 Å². The van der Waals surface area contributed by atoms with E-state index in [-0.39, 0.29) is 60.7 Å². The minimum absolute atomic E-state index is 0.0920. The second-order valence-corrected chi connectivity index (χ2v) is 18.4. The van der Waals surface area contributed by atoms with Gasteiger partial charge in [0.15, 0.2) is 0 Å². The van der Waals surface area contributed by atoms with Crippen molar-refractivity contribution in [1.29, 1.82) is 0 Å². The first kappa shape index (κ1) is 35.5. The molecule has 5 aliphatic carbocycles. The van der Waals surface area contributed by atoms with Crippen LogP contribution in [0.15, 0.2) is 24.3 Å². The summed E-state index contributed by atoms with van der Waals surface area (Å²) in [4.78, 5) is 46.7. The fourth-order valence-electron chi connectivity index (χ4n) is 13.7. The van der Waals surface area contributed by atoms with Gasteiger partial charge in [0, 0.05) is 69.4 Å². The van der Waals surface area contributed by atoms with Gasteiger partial charge in [0.05, 0.1) is 17.3 Å². The number of carbonyl (C=O) groups is 3. The molecule has 4 aliphatic heterocycles. The van der Waals surface area contributed by atoms with Crippen LogP contribution in [0, 0.1) is 52.8 Å². The highest BCUT2D eigenvalue weighted by atomic mass is 19.1. The molecule has 13 atom stereocenters. The number of Topliss-reactive ketones (excluding diaryl/α,β-unsaturated/α-hetero) is 1. The minimum atomic E-state index is -1.86. The van der Waals surface area contributed by atoms with E-state index in [0.717, 1.165) is 11.1 Å². The fourth-order valence-corrected chi connectivity index (χ4v) is 13.7. The molecule has 11 heteroatoms. The number of rotatable bonds is 4. The Morgan fingerprint density at radius 1 is 0.712 bits per heavy atom. The number of esters is 2. The second-order valence-electron chi connectivity index (χ2n) is 18.4. The van der Waals surface area contributed by atoms with Crippen LogP contribution in [0.3, 0.4) is 0 Å². The molecule has 0 amide bonds. The van der Waals surface area contributed by atoms with Crippen molar-refractivity contribution in [3.05, 3.63) is 24.3 Å². The molecule has 286 valence electrons. The first-order chi connectivity index (χ1) is 24.9. The average molecular weight is 727 g/mol. The highest BCUT2D eigenvalue weighted by molar-refractivity contribution is 5.91. The van der Waals surface area contributed by atoms with E-state index < -0.39 is 64.8 Å². The van der Waals surface area contributed by atoms with Crippen LogP contribution < -0.4 is 0 Å². The molecule has 2 unspecified atom stereocenters. The summed E-state index contributed by atoms with van der Waals surface area (Å²) in [5.74, 6) is -3.71. The number of hydrogen-bond acceptors (Lipinski definition) is 9. The van der Waals surface area contributed by atoms with E-state index in [1.54, 1.807) is 0 Å². The minimum Gasteiger partial charge on any atom is -0.461 e. The van der Waals surface area contributed by atoms with Gasteiger partial charge in [0.1, 0.15) is 41.5 Å². The van der Waals surface area contributed by atoms with Crippen molar-refractivity contribution >= 4 is 17.7 Å². The third-order valence-electron chi connectivity index (χ3n) is 16.3. The molecule has 9 nitrogen and oxygen atoms in total. The lowest BCUT2D eigenvalue weighted by molar-refractivity contribution is -0.256. The van der Waals surface area contributed by atoms with E-state index in [4.69, 9.17) is 9.47 Å². The van der Waals surface area contributed by atoms with Crippen molar-refractivity contribution in [2.75, 3.05) is 39.3 Å². The number of ketones is 1. The van der Waals surface area contributed by atoms with Gasteiger partial charge in [-0.15, -0.1) is 0 Å². The van der Waals surface area contributed by atoms with Gasteiger partial charge in [-0.2, -0.15) is 0 Å². The van der Waals surface area contributed by atoms with E-state index in [2.05, 4.69) is 23.0 Å². The Hall–Kier alpha value is -2.21. The van der Waals surface area contributed by atoms with E-state index in [9.17, 15) is 33.4 Å². The molecule has 4 heterocycles. The number of ether oxygens (including phenoxy) is 2. The molecule has 2 N–H and O–H groups in total. The van der Waals surface area contributed by atoms with E-state index in [0.29, 0.717) is 103 Å². The molecule has 1 spiro atoms. The molecule has 0 aromatic rings. The summed E-state index contributed by atoms with van der Waals surface area (Å²) in [6.45, 7) is 12.3. The van der Waals surface area contributed by atoms with Crippen LogP contribution in [0.4, 0.5) is 8.78 Å². The lowest BCUT2D eigenvalue weighted by atomic mass is 9.49. The zero-order valence-corrected chi connectivity index (χ0v) is 30.4. The van der Waals surface area contributed by atoms with Crippen molar-refractivity contribution in [3.8, 4) is 0 Å². The van der Waals surface area contributed by atoms with E-state index in [1.165, 1.54) is 0 Å². The molecule has 0 radical (unpaired) electrons. The van der Waals surface area contributed by atoms with Crippen LogP contribution in [0.1, 0.15) is 83.5 Å². The van der Waals surface area contributed by atoms with Crippen LogP contribution in [-0.4, -0.2) is 113 Å². The van der Waals surface area contributed by atoms with Gasteiger partial charge in [-0.05, 0) is 88.9 Å². The molecule has 4 saturated heterocycles. The normalized spacial score (nSPS) is 48.8. The molecule has 5 saturated carbocycles. The first-order valence-electron chi connectivity index (χ1n) is 20.3. The van der Waals surface area contributed by atoms with Crippen LogP contribution in [0.2, 0.25) is 0 Å². The monoisotopic (exact) mass is 726 g/mol. The molecular formula is C41H56F2N2O7. The Labute approximate surface area is 305 Å². The summed E-state index contributed by atoms with van der Waals surface area (Å²) < 4.78 is 40.6. The standard InChI is InChI=1S/C41H56F2N2O7/c1-22-4-6-26-30(20-44-14-8-24(42)9-15-44)37(47)51-35(26)33-28(22)18-32(46)39(33)12-3-13-40(49)34-29(19-41(39,40)50)23(2)5-7-27-31(38(48)52-36(27)34)21-45-16-10-25(43)11-17-45/h24-31,33-36,49-50H,1-21H2/t26-,27-,28-,29-,30?,31?,33-,34-,35-,36-,39+,40-,41-/m0/s1. The number of allylic oxidation sites excluding steroid dienone is 2. The number of aliphatic hydroxyl groups is 2. The number of fused-ring (bicyclic) bond motifs is 10. The number of likely N-dealkylation sites (tertiary alicyclic amines) is 2. The van der Waals surface area contributed by atoms with Crippen molar-refractivity contribution in [2.24, 2.45) is 52.8 Å². The second kappa shape index (κ2) is 12.7. The van der Waals surface area contributed by atoms with Crippen LogP contribution in [0.5, 0.6) is 0 Å². The zero-order valence-electron chi connectivity index (χ0n) is 30.4. The van der Waals surface area contributed by atoms with Gasteiger partial charge in [-0.1, -0.05) is 24.3 Å². The average Bonchev–Trinajstić information content (AvgIpc) is 3.71. The topological polar surface area (TPSA) is 117 Å². The smallest absolute Gasteiger partial charge is 0.310 e. The number of hydrogen-bond donors (Lipinski definition) is 2. The summed E-state index contributed by atoms with van der Waals surface area (Å²) in [7, 11) is 0. The van der Waals surface area contributed by atoms with Crippen LogP contribution in [-0.2, 0) is 23.9 Å². The Morgan fingerprint density at radius 2 is 1.21 bits per heavy atom. The predicted molar refractivity (Wildman–Crippen MR) is 186 cm³/mol. The van der Waals surface area contributed by atoms with E-state index in [1.807, 2.05) is 0 Å². The van der Waals surface area contributed by atoms with Crippen molar-refractivity contribution in [2.45, 2.75) is 119 Å². The third-order valence-corrected chi connectivity index (χ3v) is 16.3. The Bertz CT molecular complexity index is 1530. The molecule has 0 bridgehead atoms. The summed E-state index contributed by atoms with van der Waals surface area (Å²) in [5, 5.41) is 26.8. The molecule has 0 aromatic carbocycles. The molecular weight excluding hydrogens is 670 g/mol. The van der Waals surface area contributed by atoms with Gasteiger partial charge in [-0.3, -0.25) is 14.4 Å². The van der Waals surface area contributed by atoms with Crippen molar-refractivity contribution < 1.29 is 42.9 Å². The van der Waals surface area contributed by atoms with Gasteiger partial charge in [0.2, 0.25) is 0 Å².